The molecule has 0 bridgehead atoms. The van der Waals surface area contributed by atoms with Crippen LogP contribution in [0.4, 0.5) is 5.69 Å². The molecule has 3 fully saturated rings. The van der Waals surface area contributed by atoms with Crippen LogP contribution in [-0.4, -0.2) is 47.8 Å². The van der Waals surface area contributed by atoms with Gasteiger partial charge in [0.2, 0.25) is 23.6 Å². The predicted molar refractivity (Wildman–Crippen MR) is 133 cm³/mol. The Bertz CT molecular complexity index is 1380. The second kappa shape index (κ2) is 8.03. The lowest BCUT2D eigenvalue weighted by Gasteiger charge is -2.49. The molecule has 2 aromatic carbocycles. The van der Waals surface area contributed by atoms with Gasteiger partial charge < -0.3 is 9.84 Å². The van der Waals surface area contributed by atoms with E-state index in [4.69, 9.17) is 4.74 Å². The van der Waals surface area contributed by atoms with Gasteiger partial charge in [0.25, 0.3) is 0 Å². The van der Waals surface area contributed by atoms with Crippen molar-refractivity contribution < 1.29 is 29.0 Å². The van der Waals surface area contributed by atoms with Gasteiger partial charge in [-0.05, 0) is 43.9 Å². The van der Waals surface area contributed by atoms with Gasteiger partial charge in [0.1, 0.15) is 11.5 Å². The van der Waals surface area contributed by atoms with Crippen molar-refractivity contribution in [3.63, 3.8) is 0 Å². The number of carbonyl (C=O) groups is 4. The number of aromatic hydroxyl groups is 1. The quantitative estimate of drug-likeness (QED) is 0.513. The fourth-order valence-corrected chi connectivity index (χ4v) is 7.28. The minimum atomic E-state index is -1.15. The first-order valence-corrected chi connectivity index (χ1v) is 12.5. The minimum Gasteiger partial charge on any atom is -0.508 e. The number of hydrogen-bond donors (Lipinski definition) is 1. The van der Waals surface area contributed by atoms with E-state index in [1.165, 1.54) is 30.0 Å². The molecule has 2 aliphatic carbocycles. The van der Waals surface area contributed by atoms with Gasteiger partial charge in [-0.25, -0.2) is 4.90 Å². The van der Waals surface area contributed by atoms with Crippen LogP contribution in [0.1, 0.15) is 31.2 Å². The summed E-state index contributed by atoms with van der Waals surface area (Å²) in [5.74, 6) is -3.28. The molecule has 6 rings (SSSR count). The summed E-state index contributed by atoms with van der Waals surface area (Å²) >= 11 is 0. The largest absolute Gasteiger partial charge is 0.508 e. The van der Waals surface area contributed by atoms with Crippen LogP contribution in [-0.2, 0) is 19.2 Å². The molecule has 37 heavy (non-hydrogen) atoms. The Hall–Kier alpha value is -3.94. The Morgan fingerprint density at radius 1 is 0.973 bits per heavy atom. The third kappa shape index (κ3) is 3.01. The molecule has 0 spiro atoms. The van der Waals surface area contributed by atoms with E-state index in [1.807, 2.05) is 19.1 Å². The number of imide groups is 2. The number of hydrogen-bond acceptors (Lipinski definition) is 6. The number of benzene rings is 2. The lowest BCUT2D eigenvalue weighted by molar-refractivity contribution is -0.138. The number of rotatable bonds is 3. The number of allylic oxidation sites excluding steroid dienone is 2. The van der Waals surface area contributed by atoms with Crippen LogP contribution in [0.3, 0.4) is 0 Å². The molecule has 8 nitrogen and oxygen atoms in total. The van der Waals surface area contributed by atoms with Crippen molar-refractivity contribution in [1.29, 1.82) is 0 Å². The standard InChI is InChI=1S/C29H28N2O6/c1-29-21(26(34)31(28(29)36)15-7-5-4-6-8-15)14-20-17(11-12-19-23(20)27(35)30(2)25(19)33)24(29)18-10-9-16(32)13-22(18)37-3/h4-11,13,19-21,23-24,32H,12,14H2,1-3H3/t19-,20+,21-,23-,24+,29+/m0/s1. The van der Waals surface area contributed by atoms with Gasteiger partial charge >= 0.3 is 0 Å². The normalized spacial score (nSPS) is 32.7. The van der Waals surface area contributed by atoms with Gasteiger partial charge in [0.05, 0.1) is 36.0 Å². The average Bonchev–Trinajstić information content (AvgIpc) is 3.24. The summed E-state index contributed by atoms with van der Waals surface area (Å²) in [4.78, 5) is 56.8. The van der Waals surface area contributed by atoms with Crippen molar-refractivity contribution in [2.75, 3.05) is 19.1 Å². The van der Waals surface area contributed by atoms with E-state index < -0.39 is 29.1 Å². The molecule has 1 saturated carbocycles. The van der Waals surface area contributed by atoms with Crippen molar-refractivity contribution in [2.45, 2.75) is 25.7 Å². The van der Waals surface area contributed by atoms with Gasteiger partial charge in [-0.3, -0.25) is 24.1 Å². The van der Waals surface area contributed by atoms with Crippen molar-refractivity contribution in [2.24, 2.45) is 29.1 Å². The van der Waals surface area contributed by atoms with Crippen LogP contribution in [0.5, 0.6) is 11.5 Å². The zero-order valence-electron chi connectivity index (χ0n) is 20.9. The molecule has 2 aromatic rings. The molecule has 2 saturated heterocycles. The Labute approximate surface area is 214 Å². The van der Waals surface area contributed by atoms with Crippen LogP contribution >= 0.6 is 0 Å². The summed E-state index contributed by atoms with van der Waals surface area (Å²) in [7, 11) is 3.01. The Balaban J connectivity index is 1.57. The molecule has 4 amide bonds. The second-order valence-corrected chi connectivity index (χ2v) is 10.7. The van der Waals surface area contributed by atoms with Crippen LogP contribution in [0.2, 0.25) is 0 Å². The molecule has 0 unspecified atom stereocenters. The number of amides is 4. The lowest BCUT2D eigenvalue weighted by Crippen LogP contribution is -2.48. The van der Waals surface area contributed by atoms with Crippen molar-refractivity contribution >= 4 is 29.3 Å². The molecule has 190 valence electrons. The molecule has 4 aliphatic rings. The first-order valence-electron chi connectivity index (χ1n) is 12.5. The lowest BCUT2D eigenvalue weighted by atomic mass is 9.51. The maximum Gasteiger partial charge on any atom is 0.241 e. The summed E-state index contributed by atoms with van der Waals surface area (Å²) in [5.41, 5.74) is 0.912. The van der Waals surface area contributed by atoms with Gasteiger partial charge in [-0.1, -0.05) is 35.9 Å². The number of para-hydroxylation sites is 1. The van der Waals surface area contributed by atoms with E-state index in [9.17, 15) is 24.3 Å². The Kier molecular flexibility index (Phi) is 5.09. The SMILES string of the molecule is COc1cc(O)ccc1[C@H]1C2=CC[C@@H]3C(=O)N(C)C(=O)[C@@H]3[C@@H]2C[C@H]2C(=O)N(c3ccccc3)C(=O)[C@@]12C. The number of nitrogens with zero attached hydrogens (tertiary/aromatic N) is 2. The van der Waals surface area contributed by atoms with Crippen LogP contribution in [0.15, 0.2) is 60.2 Å². The topological polar surface area (TPSA) is 104 Å². The zero-order valence-corrected chi connectivity index (χ0v) is 20.9. The number of anilines is 1. The zero-order chi connectivity index (χ0) is 26.2. The predicted octanol–water partition coefficient (Wildman–Crippen LogP) is 3.26. The van der Waals surface area contributed by atoms with Crippen LogP contribution in [0, 0.1) is 29.1 Å². The number of methoxy groups -OCH3 is 1. The molecule has 6 atom stereocenters. The van der Waals surface area contributed by atoms with E-state index in [0.29, 0.717) is 29.8 Å². The molecular formula is C29H28N2O6. The first kappa shape index (κ1) is 23.5. The van der Waals surface area contributed by atoms with Gasteiger partial charge in [-0.2, -0.15) is 0 Å². The number of phenolic OH excluding ortho intramolecular Hbond substituents is 1. The van der Waals surface area contributed by atoms with Crippen molar-refractivity contribution in [3.8, 4) is 11.5 Å². The number of carbonyl (C=O) groups excluding carboxylic acids is 4. The van der Waals surface area contributed by atoms with Gasteiger partial charge in [0, 0.05) is 24.6 Å². The van der Waals surface area contributed by atoms with Gasteiger partial charge in [-0.15, -0.1) is 0 Å². The second-order valence-electron chi connectivity index (χ2n) is 10.7. The van der Waals surface area contributed by atoms with E-state index >= 15 is 0 Å². The van der Waals surface area contributed by atoms with Crippen molar-refractivity contribution in [3.05, 3.63) is 65.7 Å². The van der Waals surface area contributed by atoms with Gasteiger partial charge in [0.15, 0.2) is 0 Å². The maximum absolute atomic E-state index is 14.3. The molecule has 2 heterocycles. The fourth-order valence-electron chi connectivity index (χ4n) is 7.28. The highest BCUT2D eigenvalue weighted by Gasteiger charge is 2.67. The van der Waals surface area contributed by atoms with E-state index in [-0.39, 0.29) is 35.3 Å². The smallest absolute Gasteiger partial charge is 0.241 e. The summed E-state index contributed by atoms with van der Waals surface area (Å²) in [6, 6.07) is 13.6. The molecule has 1 N–H and O–H groups in total. The van der Waals surface area contributed by atoms with E-state index in [0.717, 1.165) is 5.57 Å². The fraction of sp³-hybridized carbons (Fsp3) is 0.379. The number of fused-ring (bicyclic) bond motifs is 4. The monoisotopic (exact) mass is 500 g/mol. The number of likely N-dealkylation sites (tertiary alicyclic amines) is 1. The molecule has 0 radical (unpaired) electrons. The third-order valence-corrected chi connectivity index (χ3v) is 9.04. The average molecular weight is 501 g/mol. The molecule has 8 heteroatoms. The van der Waals surface area contributed by atoms with Crippen molar-refractivity contribution in [1.82, 2.24) is 4.90 Å². The van der Waals surface area contributed by atoms with E-state index in [2.05, 4.69) is 0 Å². The highest BCUT2D eigenvalue weighted by molar-refractivity contribution is 6.24. The van der Waals surface area contributed by atoms with Crippen LogP contribution in [0.25, 0.3) is 0 Å². The summed E-state index contributed by atoms with van der Waals surface area (Å²) in [6.45, 7) is 1.83. The van der Waals surface area contributed by atoms with E-state index in [1.54, 1.807) is 36.4 Å². The summed E-state index contributed by atoms with van der Waals surface area (Å²) in [5, 5.41) is 10.1. The summed E-state index contributed by atoms with van der Waals surface area (Å²) < 4.78 is 5.64. The Morgan fingerprint density at radius 2 is 1.70 bits per heavy atom. The minimum absolute atomic E-state index is 0.0188. The molecule has 2 aliphatic heterocycles. The highest BCUT2D eigenvalue weighted by atomic mass is 16.5. The molecule has 0 aromatic heterocycles. The number of phenols is 1. The Morgan fingerprint density at radius 3 is 2.41 bits per heavy atom. The third-order valence-electron chi connectivity index (χ3n) is 9.04. The van der Waals surface area contributed by atoms with Crippen LogP contribution < -0.4 is 9.64 Å². The summed E-state index contributed by atoms with van der Waals surface area (Å²) in [6.07, 6.45) is 2.70. The maximum atomic E-state index is 14.3. The molecular weight excluding hydrogens is 472 g/mol. The number of ether oxygens (including phenoxy) is 1. The first-order chi connectivity index (χ1) is 17.7. The highest BCUT2D eigenvalue weighted by Crippen LogP contribution is 2.64.